The van der Waals surface area contributed by atoms with E-state index in [1.807, 2.05) is 24.6 Å². The molecule has 4 nitrogen and oxygen atoms in total. The predicted octanol–water partition coefficient (Wildman–Crippen LogP) is 3.15. The second-order valence-electron chi connectivity index (χ2n) is 6.22. The van der Waals surface area contributed by atoms with Gasteiger partial charge in [-0.15, -0.1) is 11.3 Å². The van der Waals surface area contributed by atoms with E-state index in [-0.39, 0.29) is 11.9 Å². The summed E-state index contributed by atoms with van der Waals surface area (Å²) >= 11 is 1.65. The molecule has 5 heteroatoms. The molecule has 0 bridgehead atoms. The van der Waals surface area contributed by atoms with Gasteiger partial charge in [0.25, 0.3) is 5.91 Å². The zero-order valence-corrected chi connectivity index (χ0v) is 14.5. The molecule has 0 radical (unpaired) electrons. The van der Waals surface area contributed by atoms with Crippen molar-refractivity contribution >= 4 is 17.2 Å². The number of carbonyl (C=O) groups is 1. The summed E-state index contributed by atoms with van der Waals surface area (Å²) in [6.07, 6.45) is 5.75. The first-order valence-electron chi connectivity index (χ1n) is 8.10. The second-order valence-corrected chi connectivity index (χ2v) is 7.30. The maximum atomic E-state index is 12.4. The molecule has 0 saturated carbocycles. The Labute approximate surface area is 141 Å². The quantitative estimate of drug-likeness (QED) is 0.937. The Morgan fingerprint density at radius 2 is 2.17 bits per heavy atom. The number of amides is 1. The van der Waals surface area contributed by atoms with E-state index in [1.165, 1.54) is 10.4 Å². The van der Waals surface area contributed by atoms with Crippen molar-refractivity contribution in [2.24, 2.45) is 0 Å². The van der Waals surface area contributed by atoms with Gasteiger partial charge in [-0.2, -0.15) is 0 Å². The molecule has 0 aromatic carbocycles. The SMILES string of the molecule is Cc1scc(C(=O)NC2CCN(Cc3cccnc3)CC2)c1C. The van der Waals surface area contributed by atoms with Gasteiger partial charge in [0.15, 0.2) is 0 Å². The van der Waals surface area contributed by atoms with Crippen molar-refractivity contribution in [3.63, 3.8) is 0 Å². The highest BCUT2D eigenvalue weighted by Crippen LogP contribution is 2.21. The van der Waals surface area contributed by atoms with Crippen LogP contribution in [0.5, 0.6) is 0 Å². The average Bonchev–Trinajstić information content (AvgIpc) is 2.90. The van der Waals surface area contributed by atoms with Crippen LogP contribution in [-0.2, 0) is 6.54 Å². The summed E-state index contributed by atoms with van der Waals surface area (Å²) in [6.45, 7) is 7.06. The molecule has 1 N–H and O–H groups in total. The van der Waals surface area contributed by atoms with Gasteiger partial charge < -0.3 is 5.32 Å². The maximum Gasteiger partial charge on any atom is 0.252 e. The molecule has 3 rings (SSSR count). The number of nitrogens with zero attached hydrogens (tertiary/aromatic N) is 2. The molecule has 1 fully saturated rings. The lowest BCUT2D eigenvalue weighted by Gasteiger charge is -2.32. The molecule has 1 saturated heterocycles. The van der Waals surface area contributed by atoms with E-state index >= 15 is 0 Å². The van der Waals surface area contributed by atoms with E-state index in [1.54, 1.807) is 17.5 Å². The van der Waals surface area contributed by atoms with E-state index < -0.39 is 0 Å². The lowest BCUT2D eigenvalue weighted by molar-refractivity contribution is 0.0908. The first-order chi connectivity index (χ1) is 11.1. The van der Waals surface area contributed by atoms with Gasteiger partial charge in [-0.3, -0.25) is 14.7 Å². The zero-order valence-electron chi connectivity index (χ0n) is 13.7. The van der Waals surface area contributed by atoms with Gasteiger partial charge in [0, 0.05) is 48.3 Å². The van der Waals surface area contributed by atoms with Crippen molar-refractivity contribution in [2.45, 2.75) is 39.3 Å². The summed E-state index contributed by atoms with van der Waals surface area (Å²) in [5, 5.41) is 5.17. The van der Waals surface area contributed by atoms with Gasteiger partial charge >= 0.3 is 0 Å². The largest absolute Gasteiger partial charge is 0.349 e. The molecular formula is C18H23N3OS. The Morgan fingerprint density at radius 1 is 1.39 bits per heavy atom. The molecule has 2 aromatic heterocycles. The second kappa shape index (κ2) is 7.23. The molecule has 0 spiro atoms. The summed E-state index contributed by atoms with van der Waals surface area (Å²) < 4.78 is 0. The highest BCUT2D eigenvalue weighted by atomic mass is 32.1. The molecule has 1 aliphatic heterocycles. The van der Waals surface area contributed by atoms with E-state index in [0.717, 1.165) is 43.6 Å². The van der Waals surface area contributed by atoms with Crippen LogP contribution in [0.25, 0.3) is 0 Å². The van der Waals surface area contributed by atoms with Crippen molar-refractivity contribution in [2.75, 3.05) is 13.1 Å². The standard InChI is InChI=1S/C18H23N3OS/c1-13-14(2)23-12-17(13)18(22)20-16-5-8-21(9-6-16)11-15-4-3-7-19-10-15/h3-4,7,10,12,16H,5-6,8-9,11H2,1-2H3,(H,20,22). The molecule has 0 unspecified atom stereocenters. The molecule has 122 valence electrons. The van der Waals surface area contributed by atoms with Gasteiger partial charge in [0.2, 0.25) is 0 Å². The molecule has 0 atom stereocenters. The van der Waals surface area contributed by atoms with Crippen molar-refractivity contribution in [3.05, 3.63) is 51.5 Å². The number of hydrogen-bond donors (Lipinski definition) is 1. The van der Waals surface area contributed by atoms with Crippen LogP contribution in [0.2, 0.25) is 0 Å². The van der Waals surface area contributed by atoms with Crippen LogP contribution in [0.15, 0.2) is 29.9 Å². The number of carbonyl (C=O) groups excluding carboxylic acids is 1. The summed E-state index contributed by atoms with van der Waals surface area (Å²) in [7, 11) is 0. The highest BCUT2D eigenvalue weighted by molar-refractivity contribution is 7.10. The third kappa shape index (κ3) is 3.98. The predicted molar refractivity (Wildman–Crippen MR) is 93.8 cm³/mol. The van der Waals surface area contributed by atoms with Crippen molar-refractivity contribution in [1.29, 1.82) is 0 Å². The average molecular weight is 329 g/mol. The van der Waals surface area contributed by atoms with E-state index in [9.17, 15) is 4.79 Å². The van der Waals surface area contributed by atoms with E-state index in [0.29, 0.717) is 0 Å². The number of piperidine rings is 1. The molecule has 23 heavy (non-hydrogen) atoms. The summed E-state index contributed by atoms with van der Waals surface area (Å²) in [6, 6.07) is 4.38. The maximum absolute atomic E-state index is 12.4. The Bertz CT molecular complexity index is 660. The van der Waals surface area contributed by atoms with Crippen molar-refractivity contribution in [1.82, 2.24) is 15.2 Å². The van der Waals surface area contributed by atoms with Gasteiger partial charge in [0.05, 0.1) is 5.56 Å². The monoisotopic (exact) mass is 329 g/mol. The molecule has 1 aliphatic rings. The Morgan fingerprint density at radius 3 is 2.78 bits per heavy atom. The van der Waals surface area contributed by atoms with Crippen LogP contribution >= 0.6 is 11.3 Å². The normalized spacial score (nSPS) is 16.4. The topological polar surface area (TPSA) is 45.2 Å². The van der Waals surface area contributed by atoms with Crippen LogP contribution in [0.3, 0.4) is 0 Å². The molecule has 2 aromatic rings. The number of rotatable bonds is 4. The number of aryl methyl sites for hydroxylation is 1. The molecule has 0 aliphatic carbocycles. The van der Waals surface area contributed by atoms with Crippen LogP contribution in [-0.4, -0.2) is 34.9 Å². The molecule has 3 heterocycles. The zero-order chi connectivity index (χ0) is 16.2. The number of pyridine rings is 1. The number of hydrogen-bond acceptors (Lipinski definition) is 4. The third-order valence-corrected chi connectivity index (χ3v) is 5.60. The smallest absolute Gasteiger partial charge is 0.252 e. The van der Waals surface area contributed by atoms with Gasteiger partial charge in [-0.1, -0.05) is 6.07 Å². The van der Waals surface area contributed by atoms with Gasteiger partial charge in [-0.05, 0) is 43.9 Å². The minimum absolute atomic E-state index is 0.0811. The third-order valence-electron chi connectivity index (χ3n) is 4.58. The van der Waals surface area contributed by atoms with Crippen LogP contribution in [0.4, 0.5) is 0 Å². The summed E-state index contributed by atoms with van der Waals surface area (Å²) in [5.41, 5.74) is 3.20. The number of nitrogens with one attached hydrogen (secondary N) is 1. The number of thiophene rings is 1. The fourth-order valence-electron chi connectivity index (χ4n) is 2.99. The minimum Gasteiger partial charge on any atom is -0.349 e. The molecule has 1 amide bonds. The van der Waals surface area contributed by atoms with Crippen LogP contribution < -0.4 is 5.32 Å². The Hall–Kier alpha value is -1.72. The summed E-state index contributed by atoms with van der Waals surface area (Å²) in [5.74, 6) is 0.0811. The van der Waals surface area contributed by atoms with E-state index in [2.05, 4.69) is 28.2 Å². The summed E-state index contributed by atoms with van der Waals surface area (Å²) in [4.78, 5) is 20.2. The van der Waals surface area contributed by atoms with E-state index in [4.69, 9.17) is 0 Å². The fraction of sp³-hybridized carbons (Fsp3) is 0.444. The van der Waals surface area contributed by atoms with Crippen molar-refractivity contribution in [3.8, 4) is 0 Å². The van der Waals surface area contributed by atoms with Crippen molar-refractivity contribution < 1.29 is 4.79 Å². The highest BCUT2D eigenvalue weighted by Gasteiger charge is 2.22. The Kier molecular flexibility index (Phi) is 5.08. The fourth-order valence-corrected chi connectivity index (χ4v) is 3.85. The van der Waals surface area contributed by atoms with Gasteiger partial charge in [-0.25, -0.2) is 0 Å². The first kappa shape index (κ1) is 16.1. The van der Waals surface area contributed by atoms with Crippen LogP contribution in [0, 0.1) is 13.8 Å². The first-order valence-corrected chi connectivity index (χ1v) is 8.98. The molecular weight excluding hydrogens is 306 g/mol. The number of aromatic nitrogens is 1. The number of likely N-dealkylation sites (tertiary alicyclic amines) is 1. The lowest BCUT2D eigenvalue weighted by Crippen LogP contribution is -2.44. The van der Waals surface area contributed by atoms with Crippen LogP contribution in [0.1, 0.15) is 39.2 Å². The lowest BCUT2D eigenvalue weighted by atomic mass is 10.0. The minimum atomic E-state index is 0.0811. The Balaban J connectivity index is 1.49. The van der Waals surface area contributed by atoms with Gasteiger partial charge in [0.1, 0.15) is 0 Å².